The number of carbonyl (C=O) groups excluding carboxylic acids is 2. The molecule has 2 N–H and O–H groups in total. The maximum Gasteiger partial charge on any atom is 0.338 e. The van der Waals surface area contributed by atoms with Gasteiger partial charge in [-0.2, -0.15) is 0 Å². The van der Waals surface area contributed by atoms with E-state index in [1.54, 1.807) is 50.2 Å². The van der Waals surface area contributed by atoms with Gasteiger partial charge in [0.15, 0.2) is 0 Å². The number of hydrogen-bond donors (Lipinski definition) is 2. The number of ether oxygens (including phenoxy) is 3. The second-order valence-corrected chi connectivity index (χ2v) is 8.37. The maximum absolute atomic E-state index is 14.2. The van der Waals surface area contributed by atoms with Gasteiger partial charge < -0.3 is 24.8 Å². The molecule has 3 aromatic rings. The minimum absolute atomic E-state index is 0.161. The van der Waals surface area contributed by atoms with E-state index in [1.165, 1.54) is 32.4 Å². The summed E-state index contributed by atoms with van der Waals surface area (Å²) < 4.78 is 30.3. The van der Waals surface area contributed by atoms with Crippen LogP contribution in [0.15, 0.2) is 54.6 Å². The van der Waals surface area contributed by atoms with Gasteiger partial charge in [-0.25, -0.2) is 9.18 Å². The number of carbonyl (C=O) groups is 2. The van der Waals surface area contributed by atoms with Gasteiger partial charge in [0.05, 0.1) is 31.2 Å². The molecule has 0 unspecified atom stereocenters. The highest BCUT2D eigenvalue weighted by atomic mass is 19.1. The highest BCUT2D eigenvalue weighted by molar-refractivity contribution is 6.07. The monoisotopic (exact) mass is 464 g/mol. The van der Waals surface area contributed by atoms with Crippen molar-refractivity contribution in [3.8, 4) is 22.6 Å². The minimum Gasteiger partial charge on any atom is -0.497 e. The molecular weight excluding hydrogens is 439 g/mol. The normalized spacial score (nSPS) is 13.9. The van der Waals surface area contributed by atoms with E-state index >= 15 is 0 Å². The first-order chi connectivity index (χ1) is 16.2. The standard InChI is InChI=1S/C26H25FN2O5/c1-26(2)25(31)28-23-20(14-34-24(30)15-5-8-17(32-3)9-6-15)18(10-11-21(23)29-26)19-13-16(27)7-12-22(19)33-4/h5-13,29H,14H2,1-4H3,(H,28,31). The molecule has 7 nitrogen and oxygen atoms in total. The van der Waals surface area contributed by atoms with Crippen molar-refractivity contribution in [3.05, 3.63) is 71.5 Å². The summed E-state index contributed by atoms with van der Waals surface area (Å²) in [6.45, 7) is 3.36. The van der Waals surface area contributed by atoms with E-state index in [2.05, 4.69) is 10.6 Å². The van der Waals surface area contributed by atoms with Crippen molar-refractivity contribution in [2.24, 2.45) is 0 Å². The average Bonchev–Trinajstić information content (AvgIpc) is 2.83. The Morgan fingerprint density at radius 1 is 0.971 bits per heavy atom. The molecule has 176 valence electrons. The predicted octanol–water partition coefficient (Wildman–Crippen LogP) is 5.01. The molecule has 1 heterocycles. The highest BCUT2D eigenvalue weighted by Crippen LogP contribution is 2.42. The summed E-state index contributed by atoms with van der Waals surface area (Å²) in [4.78, 5) is 25.4. The topological polar surface area (TPSA) is 85.9 Å². The van der Waals surface area contributed by atoms with Crippen LogP contribution in [0.2, 0.25) is 0 Å². The molecule has 4 rings (SSSR count). The number of amides is 1. The van der Waals surface area contributed by atoms with E-state index in [0.717, 1.165) is 0 Å². The second-order valence-electron chi connectivity index (χ2n) is 8.37. The van der Waals surface area contributed by atoms with Crippen LogP contribution in [0, 0.1) is 5.82 Å². The summed E-state index contributed by atoms with van der Waals surface area (Å²) in [6.07, 6.45) is 0. The SMILES string of the molecule is COc1ccc(C(=O)OCc2c(-c3cc(F)ccc3OC)ccc3c2NC(=O)C(C)(C)N3)cc1. The van der Waals surface area contributed by atoms with Crippen LogP contribution in [0.25, 0.3) is 11.1 Å². The number of benzene rings is 3. The van der Waals surface area contributed by atoms with Crippen molar-refractivity contribution >= 4 is 23.3 Å². The summed E-state index contributed by atoms with van der Waals surface area (Å²) in [5, 5.41) is 6.12. The fourth-order valence-electron chi connectivity index (χ4n) is 3.80. The smallest absolute Gasteiger partial charge is 0.338 e. The molecule has 3 aromatic carbocycles. The van der Waals surface area contributed by atoms with Crippen LogP contribution in [0.1, 0.15) is 29.8 Å². The Bertz CT molecular complexity index is 1250. The third-order valence-corrected chi connectivity index (χ3v) is 5.69. The molecule has 0 bridgehead atoms. The summed E-state index contributed by atoms with van der Waals surface area (Å²) in [6, 6.07) is 14.3. The molecule has 0 spiro atoms. The first kappa shape index (κ1) is 23.1. The molecule has 0 saturated carbocycles. The lowest BCUT2D eigenvalue weighted by molar-refractivity contribution is -0.119. The number of nitrogens with one attached hydrogen (secondary N) is 2. The zero-order valence-corrected chi connectivity index (χ0v) is 19.3. The molecular formula is C26H25FN2O5. The molecule has 8 heteroatoms. The van der Waals surface area contributed by atoms with Crippen molar-refractivity contribution in [2.75, 3.05) is 24.9 Å². The van der Waals surface area contributed by atoms with E-state index in [0.29, 0.717) is 45.1 Å². The minimum atomic E-state index is -0.831. The van der Waals surface area contributed by atoms with Crippen LogP contribution in [-0.2, 0) is 16.1 Å². The molecule has 1 amide bonds. The van der Waals surface area contributed by atoms with Gasteiger partial charge in [-0.15, -0.1) is 0 Å². The Labute approximate surface area is 196 Å². The number of methoxy groups -OCH3 is 2. The van der Waals surface area contributed by atoms with Gasteiger partial charge in [-0.1, -0.05) is 6.07 Å². The van der Waals surface area contributed by atoms with Crippen molar-refractivity contribution in [3.63, 3.8) is 0 Å². The third kappa shape index (κ3) is 4.39. The number of fused-ring (bicyclic) bond motifs is 1. The molecule has 0 saturated heterocycles. The Balaban J connectivity index is 1.76. The van der Waals surface area contributed by atoms with Crippen LogP contribution in [0.3, 0.4) is 0 Å². The van der Waals surface area contributed by atoms with Crippen molar-refractivity contribution in [2.45, 2.75) is 26.0 Å². The Kier molecular flexibility index (Phi) is 6.15. The molecule has 0 aromatic heterocycles. The second kappa shape index (κ2) is 9.05. The fourth-order valence-corrected chi connectivity index (χ4v) is 3.80. The summed E-state index contributed by atoms with van der Waals surface area (Å²) in [5.74, 6) is -0.179. The predicted molar refractivity (Wildman–Crippen MR) is 127 cm³/mol. The van der Waals surface area contributed by atoms with Gasteiger partial charge in [0, 0.05) is 11.1 Å². The average molecular weight is 464 g/mol. The zero-order valence-electron chi connectivity index (χ0n) is 19.3. The number of rotatable bonds is 6. The van der Waals surface area contributed by atoms with Gasteiger partial charge in [0.2, 0.25) is 5.91 Å². The summed E-state index contributed by atoms with van der Waals surface area (Å²) >= 11 is 0. The largest absolute Gasteiger partial charge is 0.497 e. The number of halogens is 1. The van der Waals surface area contributed by atoms with E-state index in [9.17, 15) is 14.0 Å². The fraction of sp³-hybridized carbons (Fsp3) is 0.231. The van der Waals surface area contributed by atoms with E-state index in [1.807, 2.05) is 0 Å². The van der Waals surface area contributed by atoms with Gasteiger partial charge in [-0.3, -0.25) is 4.79 Å². The molecule has 1 aliphatic heterocycles. The number of esters is 1. The Morgan fingerprint density at radius 2 is 1.71 bits per heavy atom. The van der Waals surface area contributed by atoms with Gasteiger partial charge >= 0.3 is 5.97 Å². The van der Waals surface area contributed by atoms with Crippen LogP contribution in [0.4, 0.5) is 15.8 Å². The van der Waals surface area contributed by atoms with Gasteiger partial charge in [0.25, 0.3) is 0 Å². The molecule has 1 aliphatic rings. The van der Waals surface area contributed by atoms with Crippen molar-refractivity contribution < 1.29 is 28.2 Å². The Morgan fingerprint density at radius 3 is 2.38 bits per heavy atom. The number of anilines is 2. The van der Waals surface area contributed by atoms with Crippen molar-refractivity contribution in [1.29, 1.82) is 0 Å². The summed E-state index contributed by atoms with van der Waals surface area (Å²) in [7, 11) is 3.03. The molecule has 0 fully saturated rings. The van der Waals surface area contributed by atoms with E-state index < -0.39 is 17.3 Å². The van der Waals surface area contributed by atoms with Crippen LogP contribution in [0.5, 0.6) is 11.5 Å². The van der Waals surface area contributed by atoms with Gasteiger partial charge in [-0.05, 0) is 67.9 Å². The molecule has 0 radical (unpaired) electrons. The maximum atomic E-state index is 14.2. The van der Waals surface area contributed by atoms with Gasteiger partial charge in [0.1, 0.15) is 29.5 Å². The number of hydrogen-bond acceptors (Lipinski definition) is 6. The van der Waals surface area contributed by atoms with Crippen LogP contribution < -0.4 is 20.1 Å². The molecule has 0 atom stereocenters. The summed E-state index contributed by atoms with van der Waals surface area (Å²) in [5.41, 5.74) is 2.20. The quantitative estimate of drug-likeness (QED) is 0.499. The van der Waals surface area contributed by atoms with Crippen LogP contribution >= 0.6 is 0 Å². The molecule has 34 heavy (non-hydrogen) atoms. The third-order valence-electron chi connectivity index (χ3n) is 5.69. The van der Waals surface area contributed by atoms with E-state index in [-0.39, 0.29) is 12.5 Å². The zero-order chi connectivity index (χ0) is 24.5. The van der Waals surface area contributed by atoms with Crippen molar-refractivity contribution in [1.82, 2.24) is 0 Å². The highest BCUT2D eigenvalue weighted by Gasteiger charge is 2.35. The lowest BCUT2D eigenvalue weighted by atomic mass is 9.93. The molecule has 0 aliphatic carbocycles. The van der Waals surface area contributed by atoms with Crippen LogP contribution in [-0.4, -0.2) is 31.6 Å². The lowest BCUT2D eigenvalue weighted by Crippen LogP contribution is -2.47. The first-order valence-corrected chi connectivity index (χ1v) is 10.6. The van der Waals surface area contributed by atoms with E-state index in [4.69, 9.17) is 14.2 Å². The Hall–Kier alpha value is -4.07. The lowest BCUT2D eigenvalue weighted by Gasteiger charge is -2.34. The first-order valence-electron chi connectivity index (χ1n) is 10.6.